The Morgan fingerprint density at radius 2 is 1.94 bits per heavy atom. The van der Waals surface area contributed by atoms with E-state index in [9.17, 15) is 19.2 Å². The van der Waals surface area contributed by atoms with Gasteiger partial charge in [-0.3, -0.25) is 19.3 Å². The third-order valence-corrected chi connectivity index (χ3v) is 5.81. The van der Waals surface area contributed by atoms with Gasteiger partial charge in [0.15, 0.2) is 6.61 Å². The van der Waals surface area contributed by atoms with Crippen LogP contribution >= 0.6 is 11.6 Å². The lowest BCUT2D eigenvalue weighted by atomic mass is 10.1. The molecule has 2 aliphatic rings. The summed E-state index contributed by atoms with van der Waals surface area (Å²) >= 11 is 6.03. The fourth-order valence-corrected chi connectivity index (χ4v) is 3.84. The lowest BCUT2D eigenvalue weighted by Crippen LogP contribution is -2.36. The number of esters is 1. The van der Waals surface area contributed by atoms with Crippen molar-refractivity contribution in [3.05, 3.63) is 63.7 Å². The number of benzene rings is 2. The van der Waals surface area contributed by atoms with Gasteiger partial charge in [-0.2, -0.15) is 0 Å². The van der Waals surface area contributed by atoms with E-state index in [0.29, 0.717) is 17.3 Å². The summed E-state index contributed by atoms with van der Waals surface area (Å²) in [6.45, 7) is 2.13. The second-order valence-electron chi connectivity index (χ2n) is 7.70. The minimum atomic E-state index is -0.775. The molecule has 1 fully saturated rings. The summed E-state index contributed by atoms with van der Waals surface area (Å²) in [7, 11) is 0. The Bertz CT molecular complexity index is 1110. The monoisotopic (exact) mass is 456 g/mol. The maximum absolute atomic E-state index is 12.7. The number of hydrogen-bond donors (Lipinski definition) is 1. The van der Waals surface area contributed by atoms with Crippen LogP contribution in [0.3, 0.4) is 0 Å². The van der Waals surface area contributed by atoms with Crippen molar-refractivity contribution in [2.75, 3.05) is 25.1 Å². The molecule has 3 amide bonds. The highest BCUT2D eigenvalue weighted by Crippen LogP contribution is 2.26. The number of fused-ring (bicyclic) bond motifs is 1. The highest BCUT2D eigenvalue weighted by atomic mass is 35.5. The molecule has 32 heavy (non-hydrogen) atoms. The first-order chi connectivity index (χ1) is 15.3. The first-order valence-electron chi connectivity index (χ1n) is 10.2. The van der Waals surface area contributed by atoms with Crippen LogP contribution in [0.25, 0.3) is 0 Å². The predicted octanol–water partition coefficient (Wildman–Crippen LogP) is 3.22. The molecular weight excluding hydrogens is 436 g/mol. The van der Waals surface area contributed by atoms with Crippen molar-refractivity contribution < 1.29 is 28.7 Å². The molecule has 0 radical (unpaired) electrons. The molecule has 1 unspecified atom stereocenters. The number of nitrogens with zero attached hydrogens (tertiary/aromatic N) is 1. The predicted molar refractivity (Wildman–Crippen MR) is 116 cm³/mol. The molecule has 0 saturated carbocycles. The normalized spacial score (nSPS) is 17.4. The van der Waals surface area contributed by atoms with E-state index in [1.807, 2.05) is 6.92 Å². The molecule has 0 spiro atoms. The average Bonchev–Trinajstić information content (AvgIpc) is 3.37. The molecule has 2 heterocycles. The van der Waals surface area contributed by atoms with Crippen LogP contribution in [-0.4, -0.2) is 54.5 Å². The van der Waals surface area contributed by atoms with Crippen LogP contribution < -0.4 is 5.32 Å². The van der Waals surface area contributed by atoms with Crippen LogP contribution in [-0.2, 0) is 14.3 Å². The quantitative estimate of drug-likeness (QED) is 0.529. The summed E-state index contributed by atoms with van der Waals surface area (Å²) in [5.74, 6) is -2.18. The van der Waals surface area contributed by atoms with Gasteiger partial charge in [0.25, 0.3) is 17.7 Å². The van der Waals surface area contributed by atoms with Crippen LogP contribution in [0.1, 0.15) is 49.5 Å². The number of carbonyl (C=O) groups excluding carboxylic acids is 4. The molecule has 1 saturated heterocycles. The number of aryl methyl sites for hydroxylation is 1. The smallest absolute Gasteiger partial charge is 0.338 e. The number of anilines is 1. The summed E-state index contributed by atoms with van der Waals surface area (Å²) in [6, 6.07) is 9.20. The molecule has 0 bridgehead atoms. The highest BCUT2D eigenvalue weighted by Gasteiger charge is 2.38. The number of ether oxygens (including phenoxy) is 2. The van der Waals surface area contributed by atoms with Crippen LogP contribution in [0.5, 0.6) is 0 Å². The van der Waals surface area contributed by atoms with Gasteiger partial charge in [0.1, 0.15) is 0 Å². The molecular formula is C23H21ClN2O6. The zero-order valence-electron chi connectivity index (χ0n) is 17.4. The topological polar surface area (TPSA) is 102 Å². The van der Waals surface area contributed by atoms with Crippen molar-refractivity contribution in [3.8, 4) is 0 Å². The Labute approximate surface area is 189 Å². The van der Waals surface area contributed by atoms with Gasteiger partial charge in [-0.15, -0.1) is 0 Å². The van der Waals surface area contributed by atoms with E-state index in [4.69, 9.17) is 21.1 Å². The molecule has 166 valence electrons. The molecule has 0 aliphatic carbocycles. The molecule has 9 heteroatoms. The lowest BCUT2D eigenvalue weighted by molar-refractivity contribution is -0.119. The van der Waals surface area contributed by atoms with Gasteiger partial charge >= 0.3 is 5.97 Å². The fourth-order valence-electron chi connectivity index (χ4n) is 3.66. The lowest BCUT2D eigenvalue weighted by Gasteiger charge is -2.17. The van der Waals surface area contributed by atoms with E-state index in [1.165, 1.54) is 18.2 Å². The van der Waals surface area contributed by atoms with Gasteiger partial charge in [-0.25, -0.2) is 4.79 Å². The zero-order valence-corrected chi connectivity index (χ0v) is 18.1. The largest absolute Gasteiger partial charge is 0.452 e. The van der Waals surface area contributed by atoms with Crippen LogP contribution in [0.2, 0.25) is 5.02 Å². The Hall–Kier alpha value is -3.23. The van der Waals surface area contributed by atoms with Crippen LogP contribution in [0, 0.1) is 6.92 Å². The Kier molecular flexibility index (Phi) is 6.25. The molecule has 1 atom stereocenters. The van der Waals surface area contributed by atoms with E-state index >= 15 is 0 Å². The van der Waals surface area contributed by atoms with Gasteiger partial charge in [0.2, 0.25) is 0 Å². The number of carbonyl (C=O) groups is 4. The van der Waals surface area contributed by atoms with Gasteiger partial charge in [0.05, 0.1) is 29.3 Å². The van der Waals surface area contributed by atoms with Crippen molar-refractivity contribution in [1.82, 2.24) is 4.90 Å². The second kappa shape index (κ2) is 9.10. The van der Waals surface area contributed by atoms with E-state index < -0.39 is 30.3 Å². The Morgan fingerprint density at radius 3 is 2.66 bits per heavy atom. The maximum atomic E-state index is 12.7. The number of imide groups is 1. The molecule has 2 aromatic rings. The van der Waals surface area contributed by atoms with E-state index in [-0.39, 0.29) is 29.3 Å². The fraction of sp³-hybridized carbons (Fsp3) is 0.304. The SMILES string of the molecule is Cc1ccc(NC(=O)COC(=O)c2ccc3c(c2)C(=O)N(CC2CCCO2)C3=O)cc1Cl. The van der Waals surface area contributed by atoms with E-state index in [2.05, 4.69) is 5.32 Å². The molecule has 8 nitrogen and oxygen atoms in total. The minimum Gasteiger partial charge on any atom is -0.452 e. The Morgan fingerprint density at radius 1 is 1.16 bits per heavy atom. The number of nitrogens with one attached hydrogen (secondary N) is 1. The van der Waals surface area contributed by atoms with Gasteiger partial charge < -0.3 is 14.8 Å². The molecule has 2 aromatic carbocycles. The number of halogens is 1. The summed E-state index contributed by atoms with van der Waals surface area (Å²) in [4.78, 5) is 50.9. The van der Waals surface area contributed by atoms with E-state index in [1.54, 1.807) is 18.2 Å². The minimum absolute atomic E-state index is 0.0787. The summed E-state index contributed by atoms with van der Waals surface area (Å²) in [5, 5.41) is 3.10. The van der Waals surface area contributed by atoms with Gasteiger partial charge in [-0.05, 0) is 55.7 Å². The molecule has 0 aromatic heterocycles. The van der Waals surface area contributed by atoms with Crippen molar-refractivity contribution in [2.45, 2.75) is 25.9 Å². The van der Waals surface area contributed by atoms with Gasteiger partial charge in [0, 0.05) is 17.3 Å². The first kappa shape index (κ1) is 22.0. The van der Waals surface area contributed by atoms with Crippen molar-refractivity contribution in [3.63, 3.8) is 0 Å². The summed E-state index contributed by atoms with van der Waals surface area (Å²) in [5.41, 5.74) is 1.81. The summed E-state index contributed by atoms with van der Waals surface area (Å²) < 4.78 is 10.6. The molecule has 4 rings (SSSR count). The second-order valence-corrected chi connectivity index (χ2v) is 8.11. The molecule has 1 N–H and O–H groups in total. The third kappa shape index (κ3) is 4.51. The molecule has 2 aliphatic heterocycles. The maximum Gasteiger partial charge on any atom is 0.338 e. The first-order valence-corrected chi connectivity index (χ1v) is 10.6. The van der Waals surface area contributed by atoms with Gasteiger partial charge in [-0.1, -0.05) is 17.7 Å². The Balaban J connectivity index is 1.37. The van der Waals surface area contributed by atoms with Crippen molar-refractivity contribution in [1.29, 1.82) is 0 Å². The highest BCUT2D eigenvalue weighted by molar-refractivity contribution is 6.31. The van der Waals surface area contributed by atoms with Crippen molar-refractivity contribution in [2.24, 2.45) is 0 Å². The third-order valence-electron chi connectivity index (χ3n) is 5.41. The van der Waals surface area contributed by atoms with Crippen molar-refractivity contribution >= 4 is 41.0 Å². The number of rotatable bonds is 6. The van der Waals surface area contributed by atoms with Crippen LogP contribution in [0.15, 0.2) is 36.4 Å². The standard InChI is InChI=1S/C23H21ClN2O6/c1-13-4-6-15(10-19(13)24)25-20(27)12-32-23(30)14-5-7-17-18(9-14)22(29)26(21(17)28)11-16-3-2-8-31-16/h4-7,9-10,16H,2-3,8,11-12H2,1H3,(H,25,27). The van der Waals surface area contributed by atoms with Crippen LogP contribution in [0.4, 0.5) is 5.69 Å². The van der Waals surface area contributed by atoms with E-state index in [0.717, 1.165) is 23.3 Å². The summed E-state index contributed by atoms with van der Waals surface area (Å²) in [6.07, 6.45) is 1.53. The average molecular weight is 457 g/mol. The number of hydrogen-bond acceptors (Lipinski definition) is 6. The number of amides is 3. The zero-order chi connectivity index (χ0) is 22.8.